The van der Waals surface area contributed by atoms with E-state index in [2.05, 4.69) is 53.3 Å². The number of nitrogens with zero attached hydrogens (tertiary/aromatic N) is 2. The highest BCUT2D eigenvalue weighted by Gasteiger charge is 2.25. The van der Waals surface area contributed by atoms with Crippen molar-refractivity contribution in [2.24, 2.45) is 16.6 Å². The highest BCUT2D eigenvalue weighted by atomic mass is 15.2. The van der Waals surface area contributed by atoms with Crippen LogP contribution in [0.1, 0.15) is 25.0 Å². The Morgan fingerprint density at radius 3 is 2.48 bits per heavy atom. The molecule has 3 rings (SSSR count). The lowest BCUT2D eigenvalue weighted by Gasteiger charge is -2.37. The fourth-order valence-corrected chi connectivity index (χ4v) is 3.45. The number of anilines is 1. The monoisotopic (exact) mass is 336 g/mol. The van der Waals surface area contributed by atoms with Crippen molar-refractivity contribution in [3.8, 4) is 0 Å². The van der Waals surface area contributed by atoms with E-state index in [4.69, 9.17) is 5.73 Å². The molecule has 2 aromatic carbocycles. The van der Waals surface area contributed by atoms with Crippen LogP contribution in [0.5, 0.6) is 0 Å². The van der Waals surface area contributed by atoms with Crippen LogP contribution in [0, 0.1) is 5.92 Å². The number of benzene rings is 2. The van der Waals surface area contributed by atoms with Crippen molar-refractivity contribution in [1.82, 2.24) is 4.90 Å². The first-order valence-electron chi connectivity index (χ1n) is 9.06. The zero-order chi connectivity index (χ0) is 17.6. The van der Waals surface area contributed by atoms with Gasteiger partial charge in [0.1, 0.15) is 0 Å². The Morgan fingerprint density at radius 1 is 1.08 bits per heavy atom. The van der Waals surface area contributed by atoms with Gasteiger partial charge >= 0.3 is 0 Å². The molecule has 4 heteroatoms. The molecule has 1 aliphatic heterocycles. The Balaban J connectivity index is 1.65. The van der Waals surface area contributed by atoms with Crippen LogP contribution in [0.4, 0.5) is 5.69 Å². The Morgan fingerprint density at radius 2 is 1.76 bits per heavy atom. The van der Waals surface area contributed by atoms with Crippen molar-refractivity contribution in [2.75, 3.05) is 18.4 Å². The molecule has 0 aliphatic carbocycles. The van der Waals surface area contributed by atoms with Crippen molar-refractivity contribution in [2.45, 2.75) is 32.9 Å². The second-order valence-corrected chi connectivity index (χ2v) is 7.02. The molecule has 0 amide bonds. The number of hydrogen-bond acceptors (Lipinski definition) is 2. The minimum atomic E-state index is 0.393. The molecule has 2 aromatic rings. The second-order valence-electron chi connectivity index (χ2n) is 7.02. The fraction of sp³-hybridized carbons (Fsp3) is 0.381. The van der Waals surface area contributed by atoms with Crippen molar-refractivity contribution < 1.29 is 0 Å². The first-order valence-corrected chi connectivity index (χ1v) is 9.06. The lowest BCUT2D eigenvalue weighted by atomic mass is 9.95. The van der Waals surface area contributed by atoms with Gasteiger partial charge in [0.05, 0.1) is 6.54 Å². The van der Waals surface area contributed by atoms with Gasteiger partial charge in [0.15, 0.2) is 5.96 Å². The SMILES string of the molecule is CC(C)C(CN=C(N)Nc1ccccc1)N1CCc2ccccc2C1. The van der Waals surface area contributed by atoms with E-state index in [9.17, 15) is 0 Å². The highest BCUT2D eigenvalue weighted by Crippen LogP contribution is 2.23. The Kier molecular flexibility index (Phi) is 5.71. The average molecular weight is 336 g/mol. The zero-order valence-corrected chi connectivity index (χ0v) is 15.2. The predicted molar refractivity (Wildman–Crippen MR) is 106 cm³/mol. The third kappa shape index (κ3) is 4.60. The van der Waals surface area contributed by atoms with Crippen LogP contribution < -0.4 is 11.1 Å². The first-order chi connectivity index (χ1) is 12.1. The van der Waals surface area contributed by atoms with Gasteiger partial charge in [0.25, 0.3) is 0 Å². The summed E-state index contributed by atoms with van der Waals surface area (Å²) in [7, 11) is 0. The molecule has 1 atom stereocenters. The number of para-hydroxylation sites is 1. The van der Waals surface area contributed by atoms with Gasteiger partial charge in [-0.25, -0.2) is 0 Å². The van der Waals surface area contributed by atoms with Crippen molar-refractivity contribution in [1.29, 1.82) is 0 Å². The second kappa shape index (κ2) is 8.17. The van der Waals surface area contributed by atoms with Gasteiger partial charge in [0, 0.05) is 24.8 Å². The molecule has 1 unspecified atom stereocenters. The Hall–Kier alpha value is -2.33. The molecule has 132 valence electrons. The molecule has 0 radical (unpaired) electrons. The van der Waals surface area contributed by atoms with Crippen LogP contribution in [0.15, 0.2) is 59.6 Å². The summed E-state index contributed by atoms with van der Waals surface area (Å²) in [5.74, 6) is 1.01. The highest BCUT2D eigenvalue weighted by molar-refractivity contribution is 5.92. The largest absolute Gasteiger partial charge is 0.370 e. The van der Waals surface area contributed by atoms with Crippen molar-refractivity contribution in [3.63, 3.8) is 0 Å². The molecule has 0 saturated carbocycles. The molecule has 4 nitrogen and oxygen atoms in total. The molecular weight excluding hydrogens is 308 g/mol. The maximum absolute atomic E-state index is 6.08. The summed E-state index contributed by atoms with van der Waals surface area (Å²) in [4.78, 5) is 7.16. The van der Waals surface area contributed by atoms with E-state index in [1.165, 1.54) is 11.1 Å². The lowest BCUT2D eigenvalue weighted by molar-refractivity contribution is 0.145. The molecule has 0 aromatic heterocycles. The molecule has 25 heavy (non-hydrogen) atoms. The summed E-state index contributed by atoms with van der Waals surface area (Å²) in [5, 5.41) is 3.16. The minimum absolute atomic E-state index is 0.393. The molecule has 3 N–H and O–H groups in total. The maximum Gasteiger partial charge on any atom is 0.193 e. The molecule has 0 spiro atoms. The summed E-state index contributed by atoms with van der Waals surface area (Å²) in [6.45, 7) is 7.33. The molecule has 0 bridgehead atoms. The number of hydrogen-bond donors (Lipinski definition) is 2. The van der Waals surface area contributed by atoms with Gasteiger partial charge < -0.3 is 11.1 Å². The van der Waals surface area contributed by atoms with Crippen LogP contribution in [0.2, 0.25) is 0 Å². The summed E-state index contributed by atoms with van der Waals surface area (Å²) < 4.78 is 0. The third-order valence-electron chi connectivity index (χ3n) is 4.89. The van der Waals surface area contributed by atoms with E-state index in [1.807, 2.05) is 30.3 Å². The standard InChI is InChI=1S/C21H28N4/c1-16(2)20(14-23-21(22)24-19-10-4-3-5-11-19)25-13-12-17-8-6-7-9-18(17)15-25/h3-11,16,20H,12-15H2,1-2H3,(H3,22,23,24). The molecule has 1 aliphatic rings. The number of fused-ring (bicyclic) bond motifs is 1. The summed E-state index contributed by atoms with van der Waals surface area (Å²) >= 11 is 0. The van der Waals surface area contributed by atoms with E-state index >= 15 is 0 Å². The zero-order valence-electron chi connectivity index (χ0n) is 15.2. The van der Waals surface area contributed by atoms with Gasteiger partial charge in [-0.1, -0.05) is 56.3 Å². The molecule has 0 fully saturated rings. The Bertz CT molecular complexity index is 709. The first kappa shape index (κ1) is 17.5. The van der Waals surface area contributed by atoms with Gasteiger partial charge in [-0.3, -0.25) is 9.89 Å². The number of nitrogens with one attached hydrogen (secondary N) is 1. The maximum atomic E-state index is 6.08. The van der Waals surface area contributed by atoms with Crippen LogP contribution in [0.25, 0.3) is 0 Å². The van der Waals surface area contributed by atoms with Gasteiger partial charge in [0.2, 0.25) is 0 Å². The Labute approximate surface area is 150 Å². The topological polar surface area (TPSA) is 53.6 Å². The van der Waals surface area contributed by atoms with E-state index in [-0.39, 0.29) is 0 Å². The van der Waals surface area contributed by atoms with Crippen LogP contribution in [-0.2, 0) is 13.0 Å². The smallest absolute Gasteiger partial charge is 0.193 e. The van der Waals surface area contributed by atoms with Crippen LogP contribution in [0.3, 0.4) is 0 Å². The summed E-state index contributed by atoms with van der Waals surface area (Å²) in [5.41, 5.74) is 9.97. The molecule has 0 saturated heterocycles. The van der Waals surface area contributed by atoms with Gasteiger partial charge in [-0.2, -0.15) is 0 Å². The average Bonchev–Trinajstić information content (AvgIpc) is 2.62. The van der Waals surface area contributed by atoms with Crippen LogP contribution in [-0.4, -0.2) is 30.0 Å². The van der Waals surface area contributed by atoms with Gasteiger partial charge in [-0.15, -0.1) is 0 Å². The van der Waals surface area contributed by atoms with E-state index < -0.39 is 0 Å². The normalized spacial score (nSPS) is 16.5. The molecular formula is C21H28N4. The number of rotatable bonds is 5. The van der Waals surface area contributed by atoms with Crippen molar-refractivity contribution in [3.05, 3.63) is 65.7 Å². The summed E-state index contributed by atoms with van der Waals surface area (Å²) in [6, 6.07) is 19.1. The van der Waals surface area contributed by atoms with Crippen molar-refractivity contribution >= 4 is 11.6 Å². The fourth-order valence-electron chi connectivity index (χ4n) is 3.45. The van der Waals surface area contributed by atoms with E-state index in [0.717, 1.165) is 25.2 Å². The quantitative estimate of drug-likeness (QED) is 0.649. The number of nitrogens with two attached hydrogens (primary N) is 1. The van der Waals surface area contributed by atoms with Gasteiger partial charge in [-0.05, 0) is 35.6 Å². The van der Waals surface area contributed by atoms with Crippen LogP contribution >= 0.6 is 0 Å². The number of aliphatic imine (C=N–C) groups is 1. The van der Waals surface area contributed by atoms with E-state index in [1.54, 1.807) is 0 Å². The van der Waals surface area contributed by atoms with E-state index in [0.29, 0.717) is 24.5 Å². The third-order valence-corrected chi connectivity index (χ3v) is 4.89. The minimum Gasteiger partial charge on any atom is -0.370 e. The molecule has 1 heterocycles. The number of guanidine groups is 1. The predicted octanol–water partition coefficient (Wildman–Crippen LogP) is 3.50. The lowest BCUT2D eigenvalue weighted by Crippen LogP contribution is -2.44. The summed E-state index contributed by atoms with van der Waals surface area (Å²) in [6.07, 6.45) is 1.11.